The number of nitrogens with zero attached hydrogens (tertiary/aromatic N) is 2. The number of amides is 1. The molecule has 0 spiro atoms. The first-order valence-electron chi connectivity index (χ1n) is 8.39. The number of carbonyl (C=O) groups is 1. The lowest BCUT2D eigenvalue weighted by Crippen LogP contribution is -2.54. The predicted molar refractivity (Wildman–Crippen MR) is 103 cm³/mol. The lowest BCUT2D eigenvalue weighted by molar-refractivity contribution is 0.102. The maximum Gasteiger partial charge on any atom is 0.274 e. The van der Waals surface area contributed by atoms with E-state index in [1.54, 1.807) is 7.05 Å². The van der Waals surface area contributed by atoms with Crippen LogP contribution in [0.15, 0.2) is 24.4 Å². The first kappa shape index (κ1) is 20.8. The normalized spacial score (nSPS) is 19.0. The summed E-state index contributed by atoms with van der Waals surface area (Å²) in [6.07, 6.45) is 1.30. The quantitative estimate of drug-likeness (QED) is 0.515. The van der Waals surface area contributed by atoms with Gasteiger partial charge in [0.15, 0.2) is 17.5 Å². The standard InChI is InChI=1S/C18H18F3N5O2S/c1-18(8-29-26(2)17(22)25-18)13-14(20)10(19)6-12(15(13)21)24-16(27)11-5-4-9(28-3)7-23-11/h4-7H,8H2,1-3H3,(H2,22,25)(H,24,27)/t18-/m0/s1. The number of halogens is 3. The van der Waals surface area contributed by atoms with Gasteiger partial charge in [-0.2, -0.15) is 0 Å². The number of carbonyl (C=O) groups excluding carboxylic acids is 1. The minimum Gasteiger partial charge on any atom is -0.495 e. The number of aromatic nitrogens is 1. The molecule has 2 aromatic rings. The zero-order valence-electron chi connectivity index (χ0n) is 15.8. The van der Waals surface area contributed by atoms with Gasteiger partial charge in [-0.1, -0.05) is 0 Å². The Kier molecular flexibility index (Phi) is 5.60. The molecule has 29 heavy (non-hydrogen) atoms. The fraction of sp³-hybridized carbons (Fsp3) is 0.278. The van der Waals surface area contributed by atoms with Crippen molar-refractivity contribution < 1.29 is 22.7 Å². The molecule has 11 heteroatoms. The molecule has 1 amide bonds. The second kappa shape index (κ2) is 7.82. The van der Waals surface area contributed by atoms with Crippen LogP contribution in [0.25, 0.3) is 0 Å². The molecule has 0 unspecified atom stereocenters. The van der Waals surface area contributed by atoms with Gasteiger partial charge in [0, 0.05) is 18.9 Å². The third kappa shape index (κ3) is 3.95. The fourth-order valence-corrected chi connectivity index (χ4v) is 3.65. The summed E-state index contributed by atoms with van der Waals surface area (Å²) in [5.74, 6) is -4.15. The third-order valence-corrected chi connectivity index (χ3v) is 5.69. The van der Waals surface area contributed by atoms with Gasteiger partial charge in [0.2, 0.25) is 5.96 Å². The van der Waals surface area contributed by atoms with Crippen LogP contribution in [0.3, 0.4) is 0 Å². The fourth-order valence-electron chi connectivity index (χ4n) is 2.80. The molecule has 0 radical (unpaired) electrons. The number of anilines is 1. The Morgan fingerprint density at radius 3 is 2.69 bits per heavy atom. The van der Waals surface area contributed by atoms with Crippen LogP contribution in [-0.4, -0.2) is 41.1 Å². The molecule has 1 fully saturated rings. The number of ether oxygens (including phenoxy) is 1. The largest absolute Gasteiger partial charge is 0.495 e. The number of rotatable bonds is 4. The second-order valence-electron chi connectivity index (χ2n) is 6.52. The number of hydrogen-bond donors (Lipinski definition) is 3. The van der Waals surface area contributed by atoms with Crippen LogP contribution in [0.1, 0.15) is 23.0 Å². The molecular formula is C18H18F3N5O2S. The highest BCUT2D eigenvalue weighted by molar-refractivity contribution is 7.97. The van der Waals surface area contributed by atoms with Crippen molar-refractivity contribution in [2.24, 2.45) is 0 Å². The van der Waals surface area contributed by atoms with Crippen molar-refractivity contribution in [2.45, 2.75) is 12.5 Å². The summed E-state index contributed by atoms with van der Waals surface area (Å²) in [6, 6.07) is 3.41. The monoisotopic (exact) mass is 425 g/mol. The van der Waals surface area contributed by atoms with Crippen molar-refractivity contribution in [1.82, 2.24) is 14.6 Å². The summed E-state index contributed by atoms with van der Waals surface area (Å²) in [5, 5.41) is 12.8. The Morgan fingerprint density at radius 2 is 2.10 bits per heavy atom. The molecule has 1 aliphatic rings. The van der Waals surface area contributed by atoms with Crippen LogP contribution in [0.4, 0.5) is 18.9 Å². The molecule has 1 aromatic carbocycles. The van der Waals surface area contributed by atoms with Crippen LogP contribution in [0.5, 0.6) is 5.75 Å². The number of guanidine groups is 1. The number of nitrogens with one attached hydrogen (secondary N) is 3. The molecule has 3 rings (SSSR count). The van der Waals surface area contributed by atoms with E-state index in [9.17, 15) is 13.6 Å². The van der Waals surface area contributed by atoms with Crippen LogP contribution in [-0.2, 0) is 5.54 Å². The first-order chi connectivity index (χ1) is 13.7. The van der Waals surface area contributed by atoms with Gasteiger partial charge in [-0.15, -0.1) is 0 Å². The number of hydrogen-bond acceptors (Lipinski definition) is 5. The summed E-state index contributed by atoms with van der Waals surface area (Å²) < 4.78 is 50.4. The molecule has 0 saturated carbocycles. The van der Waals surface area contributed by atoms with Crippen molar-refractivity contribution in [1.29, 1.82) is 5.41 Å². The Hall–Kier alpha value is -2.95. The van der Waals surface area contributed by atoms with Gasteiger partial charge in [0.05, 0.1) is 30.1 Å². The number of benzene rings is 1. The van der Waals surface area contributed by atoms with Crippen molar-refractivity contribution in [3.8, 4) is 5.75 Å². The van der Waals surface area contributed by atoms with Gasteiger partial charge in [-0.3, -0.25) is 14.5 Å². The zero-order valence-corrected chi connectivity index (χ0v) is 16.6. The van der Waals surface area contributed by atoms with E-state index in [4.69, 9.17) is 10.1 Å². The first-order valence-corrected chi connectivity index (χ1v) is 9.33. The van der Waals surface area contributed by atoms with Crippen molar-refractivity contribution >= 4 is 29.5 Å². The third-order valence-electron chi connectivity index (χ3n) is 4.42. The van der Waals surface area contributed by atoms with Crippen LogP contribution in [0.2, 0.25) is 0 Å². The summed E-state index contributed by atoms with van der Waals surface area (Å²) in [5.41, 5.74) is -2.58. The molecule has 0 bridgehead atoms. The smallest absolute Gasteiger partial charge is 0.274 e. The molecule has 1 aromatic heterocycles. The number of methoxy groups -OCH3 is 1. The van der Waals surface area contributed by atoms with E-state index in [0.29, 0.717) is 11.8 Å². The van der Waals surface area contributed by atoms with E-state index in [1.807, 2.05) is 0 Å². The van der Waals surface area contributed by atoms with Crippen molar-refractivity contribution in [3.63, 3.8) is 0 Å². The molecule has 1 saturated heterocycles. The average Bonchev–Trinajstić information content (AvgIpc) is 2.69. The highest BCUT2D eigenvalue weighted by Crippen LogP contribution is 2.37. The molecule has 154 valence electrons. The van der Waals surface area contributed by atoms with E-state index >= 15 is 4.39 Å². The Bertz CT molecular complexity index is 973. The Balaban J connectivity index is 1.96. The van der Waals surface area contributed by atoms with Crippen LogP contribution < -0.4 is 15.4 Å². The van der Waals surface area contributed by atoms with E-state index in [-0.39, 0.29) is 17.4 Å². The summed E-state index contributed by atoms with van der Waals surface area (Å²) >= 11 is 1.15. The van der Waals surface area contributed by atoms with Crippen molar-refractivity contribution in [2.75, 3.05) is 25.2 Å². The van der Waals surface area contributed by atoms with E-state index < -0.39 is 40.1 Å². The number of pyridine rings is 1. The molecular weight excluding hydrogens is 407 g/mol. The SMILES string of the molecule is COc1ccc(C(=O)Nc2cc(F)c(F)c([C@]3(C)CSN(C)C(=N)N3)c2F)nc1. The minimum absolute atomic E-state index is 0.0579. The second-order valence-corrected chi connectivity index (χ2v) is 7.62. The van der Waals surface area contributed by atoms with E-state index in [1.165, 1.54) is 36.7 Å². The van der Waals surface area contributed by atoms with Crippen LogP contribution in [0, 0.1) is 22.9 Å². The minimum atomic E-state index is -1.40. The van der Waals surface area contributed by atoms with Gasteiger partial charge in [0.25, 0.3) is 5.91 Å². The molecule has 0 aliphatic carbocycles. The highest BCUT2D eigenvalue weighted by atomic mass is 32.2. The molecule has 7 nitrogen and oxygen atoms in total. The zero-order chi connectivity index (χ0) is 21.3. The van der Waals surface area contributed by atoms with Gasteiger partial charge in [-0.05, 0) is 31.0 Å². The summed E-state index contributed by atoms with van der Waals surface area (Å²) in [6.45, 7) is 1.46. The Labute approximate surface area is 169 Å². The molecule has 3 N–H and O–H groups in total. The summed E-state index contributed by atoms with van der Waals surface area (Å²) in [7, 11) is 3.05. The van der Waals surface area contributed by atoms with Crippen molar-refractivity contribution in [3.05, 3.63) is 53.1 Å². The van der Waals surface area contributed by atoms with Gasteiger partial charge in [-0.25, -0.2) is 18.2 Å². The lowest BCUT2D eigenvalue weighted by atomic mass is 9.91. The average molecular weight is 425 g/mol. The van der Waals surface area contributed by atoms with Gasteiger partial charge in [0.1, 0.15) is 11.4 Å². The maximum absolute atomic E-state index is 15.2. The van der Waals surface area contributed by atoms with Crippen LogP contribution >= 0.6 is 11.9 Å². The maximum atomic E-state index is 15.2. The molecule has 1 aliphatic heterocycles. The van der Waals surface area contributed by atoms with E-state index in [0.717, 1.165) is 11.9 Å². The highest BCUT2D eigenvalue weighted by Gasteiger charge is 2.40. The topological polar surface area (TPSA) is 90.3 Å². The molecule has 1 atom stereocenters. The van der Waals surface area contributed by atoms with Gasteiger partial charge >= 0.3 is 0 Å². The predicted octanol–water partition coefficient (Wildman–Crippen LogP) is 3.09. The lowest BCUT2D eigenvalue weighted by Gasteiger charge is -2.40. The molecule has 2 heterocycles. The van der Waals surface area contributed by atoms with Gasteiger partial charge < -0.3 is 15.4 Å². The van der Waals surface area contributed by atoms with E-state index in [2.05, 4.69) is 15.6 Å². The summed E-state index contributed by atoms with van der Waals surface area (Å²) in [4.78, 5) is 16.2. The Morgan fingerprint density at radius 1 is 1.38 bits per heavy atom.